The largest absolute Gasteiger partial charge is 0.462 e. The minimum Gasteiger partial charge on any atom is -0.462 e. The highest BCUT2D eigenvalue weighted by atomic mass is 16.6. The van der Waals surface area contributed by atoms with Gasteiger partial charge >= 0.3 is 24.1 Å². The van der Waals surface area contributed by atoms with Crippen molar-refractivity contribution in [1.29, 1.82) is 0 Å². The van der Waals surface area contributed by atoms with Crippen LogP contribution in [0.3, 0.4) is 0 Å². The van der Waals surface area contributed by atoms with Crippen LogP contribution >= 0.6 is 0 Å². The van der Waals surface area contributed by atoms with Crippen molar-refractivity contribution in [1.82, 2.24) is 10.6 Å². The molecule has 2 N–H and O–H groups in total. The lowest BCUT2D eigenvalue weighted by Gasteiger charge is -2.44. The molecule has 0 aromatic heterocycles. The standard InChI is InChI=1S/C26H44N2O8/c1-8-19(6)20-13-21(28-25(32)36-12-10-34-23(30)18(4)5)15-26(7,14-20)16-27-24(31)35-11-9-33-22(29)17(2)3/h18-21H,2,8-16H2,1,3-7H3,(H,27,31)(H,28,32). The predicted molar refractivity (Wildman–Crippen MR) is 134 cm³/mol. The number of alkyl carbamates (subject to hydrolysis) is 2. The topological polar surface area (TPSA) is 129 Å². The third-order valence-corrected chi connectivity index (χ3v) is 6.44. The summed E-state index contributed by atoms with van der Waals surface area (Å²) >= 11 is 0. The van der Waals surface area contributed by atoms with E-state index in [9.17, 15) is 19.2 Å². The van der Waals surface area contributed by atoms with Gasteiger partial charge in [0, 0.05) is 18.2 Å². The van der Waals surface area contributed by atoms with E-state index in [2.05, 4.69) is 38.0 Å². The van der Waals surface area contributed by atoms with Crippen molar-refractivity contribution in [2.24, 2.45) is 23.2 Å². The Kier molecular flexibility index (Phi) is 13.3. The maximum absolute atomic E-state index is 12.3. The molecule has 10 heteroatoms. The van der Waals surface area contributed by atoms with E-state index in [4.69, 9.17) is 18.9 Å². The number of carbonyl (C=O) groups excluding carboxylic acids is 4. The summed E-state index contributed by atoms with van der Waals surface area (Å²) in [6.07, 6.45) is 2.25. The third kappa shape index (κ3) is 11.8. The van der Waals surface area contributed by atoms with Gasteiger partial charge in [0.05, 0.1) is 5.92 Å². The Labute approximate surface area is 214 Å². The predicted octanol–water partition coefficient (Wildman–Crippen LogP) is 3.98. The number of rotatable bonds is 13. The molecule has 0 spiro atoms. The maximum atomic E-state index is 12.3. The number of hydrogen-bond acceptors (Lipinski definition) is 8. The molecular weight excluding hydrogens is 468 g/mol. The van der Waals surface area contributed by atoms with Crippen molar-refractivity contribution in [3.8, 4) is 0 Å². The van der Waals surface area contributed by atoms with Crippen LogP contribution < -0.4 is 10.6 Å². The molecule has 0 radical (unpaired) electrons. The number of hydrogen-bond donors (Lipinski definition) is 2. The van der Waals surface area contributed by atoms with Crippen LogP contribution in [0.2, 0.25) is 0 Å². The Morgan fingerprint density at radius 2 is 1.53 bits per heavy atom. The molecule has 4 unspecified atom stereocenters. The first-order valence-electron chi connectivity index (χ1n) is 12.7. The zero-order valence-electron chi connectivity index (χ0n) is 22.6. The van der Waals surface area contributed by atoms with Crippen LogP contribution in [-0.2, 0) is 28.5 Å². The average Bonchev–Trinajstić information content (AvgIpc) is 2.81. The first-order chi connectivity index (χ1) is 16.9. The highest BCUT2D eigenvalue weighted by molar-refractivity contribution is 5.86. The molecule has 0 aromatic rings. The van der Waals surface area contributed by atoms with Crippen LogP contribution in [0.15, 0.2) is 12.2 Å². The van der Waals surface area contributed by atoms with Crippen molar-refractivity contribution in [3.05, 3.63) is 12.2 Å². The second-order valence-corrected chi connectivity index (χ2v) is 10.3. The maximum Gasteiger partial charge on any atom is 0.407 e. The summed E-state index contributed by atoms with van der Waals surface area (Å²) < 4.78 is 20.2. The van der Waals surface area contributed by atoms with Crippen LogP contribution in [0.5, 0.6) is 0 Å². The molecule has 1 rings (SSSR count). The van der Waals surface area contributed by atoms with Crippen molar-refractivity contribution in [2.75, 3.05) is 33.0 Å². The van der Waals surface area contributed by atoms with E-state index >= 15 is 0 Å². The smallest absolute Gasteiger partial charge is 0.407 e. The normalized spacial score (nSPS) is 22.2. The molecule has 1 fully saturated rings. The fourth-order valence-electron chi connectivity index (χ4n) is 4.24. The molecule has 10 nitrogen and oxygen atoms in total. The van der Waals surface area contributed by atoms with Crippen molar-refractivity contribution >= 4 is 24.1 Å². The summed E-state index contributed by atoms with van der Waals surface area (Å²) in [6.45, 7) is 15.2. The molecule has 206 valence electrons. The molecule has 1 aliphatic carbocycles. The Hall–Kier alpha value is -2.78. The van der Waals surface area contributed by atoms with E-state index in [0.29, 0.717) is 24.8 Å². The number of nitrogens with one attached hydrogen (secondary N) is 2. The highest BCUT2D eigenvalue weighted by Crippen LogP contribution is 2.42. The monoisotopic (exact) mass is 512 g/mol. The Bertz CT molecular complexity index is 769. The van der Waals surface area contributed by atoms with Gasteiger partial charge in [-0.05, 0) is 43.4 Å². The SMILES string of the molecule is C=C(C)C(=O)OCCOC(=O)NCC1(C)CC(NC(=O)OCCOC(=O)C(C)C)CC(C(C)CC)C1. The first-order valence-corrected chi connectivity index (χ1v) is 12.7. The Balaban J connectivity index is 2.56. The van der Waals surface area contributed by atoms with Gasteiger partial charge < -0.3 is 29.6 Å². The van der Waals surface area contributed by atoms with Gasteiger partial charge in [-0.25, -0.2) is 14.4 Å². The van der Waals surface area contributed by atoms with E-state index in [0.717, 1.165) is 19.3 Å². The highest BCUT2D eigenvalue weighted by Gasteiger charge is 2.39. The van der Waals surface area contributed by atoms with Gasteiger partial charge in [-0.15, -0.1) is 0 Å². The van der Waals surface area contributed by atoms with Crippen LogP contribution in [0.25, 0.3) is 0 Å². The van der Waals surface area contributed by atoms with Crippen molar-refractivity contribution in [2.45, 2.75) is 73.3 Å². The lowest BCUT2D eigenvalue weighted by molar-refractivity contribution is -0.148. The van der Waals surface area contributed by atoms with Crippen LogP contribution in [0.4, 0.5) is 9.59 Å². The molecule has 0 saturated heterocycles. The molecular formula is C26H44N2O8. The van der Waals surface area contributed by atoms with E-state index in [-0.39, 0.29) is 55.3 Å². The van der Waals surface area contributed by atoms with Gasteiger partial charge in [0.2, 0.25) is 0 Å². The van der Waals surface area contributed by atoms with E-state index < -0.39 is 18.2 Å². The number of carbonyl (C=O) groups is 4. The van der Waals surface area contributed by atoms with Gasteiger partial charge in [-0.2, -0.15) is 0 Å². The molecule has 2 amide bonds. The number of amides is 2. The summed E-state index contributed by atoms with van der Waals surface area (Å²) in [5, 5.41) is 5.75. The minimum atomic E-state index is -0.590. The summed E-state index contributed by atoms with van der Waals surface area (Å²) in [6, 6.07) is -0.118. The second kappa shape index (κ2) is 15.4. The summed E-state index contributed by atoms with van der Waals surface area (Å²) in [7, 11) is 0. The molecule has 1 aliphatic rings. The molecule has 0 heterocycles. The molecule has 0 aromatic carbocycles. The molecule has 0 bridgehead atoms. The summed E-state index contributed by atoms with van der Waals surface area (Å²) in [5.74, 6) is -0.280. The fourth-order valence-corrected chi connectivity index (χ4v) is 4.24. The van der Waals surface area contributed by atoms with E-state index in [1.807, 2.05) is 0 Å². The summed E-state index contributed by atoms with van der Waals surface area (Å²) in [4.78, 5) is 47.4. The minimum absolute atomic E-state index is 0.0146. The first kappa shape index (κ1) is 31.3. The lowest BCUT2D eigenvalue weighted by atomic mass is 9.65. The van der Waals surface area contributed by atoms with Gasteiger partial charge in [-0.1, -0.05) is 47.6 Å². The number of ether oxygens (including phenoxy) is 4. The van der Waals surface area contributed by atoms with Gasteiger partial charge in [0.1, 0.15) is 26.4 Å². The molecule has 1 saturated carbocycles. The Morgan fingerprint density at radius 1 is 0.944 bits per heavy atom. The van der Waals surface area contributed by atoms with E-state index in [1.165, 1.54) is 0 Å². The van der Waals surface area contributed by atoms with Crippen LogP contribution in [-0.4, -0.2) is 63.1 Å². The van der Waals surface area contributed by atoms with Gasteiger partial charge in [-0.3, -0.25) is 4.79 Å². The second-order valence-electron chi connectivity index (χ2n) is 10.3. The van der Waals surface area contributed by atoms with Gasteiger partial charge in [0.25, 0.3) is 0 Å². The van der Waals surface area contributed by atoms with Crippen LogP contribution in [0.1, 0.15) is 67.2 Å². The zero-order chi connectivity index (χ0) is 27.3. The molecule has 0 aliphatic heterocycles. The lowest BCUT2D eigenvalue weighted by Crippen LogP contribution is -2.49. The third-order valence-electron chi connectivity index (χ3n) is 6.44. The van der Waals surface area contributed by atoms with E-state index in [1.54, 1.807) is 20.8 Å². The zero-order valence-corrected chi connectivity index (χ0v) is 22.6. The van der Waals surface area contributed by atoms with Crippen molar-refractivity contribution in [3.63, 3.8) is 0 Å². The van der Waals surface area contributed by atoms with Gasteiger partial charge in [0.15, 0.2) is 0 Å². The summed E-state index contributed by atoms with van der Waals surface area (Å²) in [5.41, 5.74) is 0.0184. The fraction of sp³-hybridized carbons (Fsp3) is 0.769. The van der Waals surface area contributed by atoms with Crippen LogP contribution in [0, 0.1) is 23.2 Å². The van der Waals surface area contributed by atoms with Crippen molar-refractivity contribution < 1.29 is 38.1 Å². The number of esters is 2. The Morgan fingerprint density at radius 3 is 2.11 bits per heavy atom. The quantitative estimate of drug-likeness (QED) is 0.164. The molecule has 36 heavy (non-hydrogen) atoms. The molecule has 4 atom stereocenters. The average molecular weight is 513 g/mol.